The Bertz CT molecular complexity index is 593. The molecule has 2 aliphatic heterocycles. The third-order valence-corrected chi connectivity index (χ3v) is 6.06. The lowest BCUT2D eigenvalue weighted by Gasteiger charge is -2.39. The van der Waals surface area contributed by atoms with E-state index < -0.39 is 24.3 Å². The number of nitrogens with zero attached hydrogens (tertiary/aromatic N) is 3. The van der Waals surface area contributed by atoms with E-state index in [0.29, 0.717) is 13.1 Å². The van der Waals surface area contributed by atoms with Gasteiger partial charge in [0.2, 0.25) is 11.8 Å². The third kappa shape index (κ3) is 3.64. The molecule has 0 radical (unpaired) electrons. The van der Waals surface area contributed by atoms with Gasteiger partial charge in [-0.15, -0.1) is 0 Å². The number of β-amino-alcohol motifs (C(OH)–C–C–N with tert-alkyl or cyclic N) is 2. The second-order valence-corrected chi connectivity index (χ2v) is 7.76. The second-order valence-electron chi connectivity index (χ2n) is 7.76. The Morgan fingerprint density at radius 2 is 1.92 bits per heavy atom. The summed E-state index contributed by atoms with van der Waals surface area (Å²) in [6, 6.07) is -0.795. The van der Waals surface area contributed by atoms with Gasteiger partial charge in [-0.25, -0.2) is 4.79 Å². The molecule has 3 aliphatic rings. The van der Waals surface area contributed by atoms with Gasteiger partial charge in [-0.05, 0) is 31.6 Å². The molecule has 9 heteroatoms. The van der Waals surface area contributed by atoms with Gasteiger partial charge in [0.1, 0.15) is 6.04 Å². The van der Waals surface area contributed by atoms with Gasteiger partial charge < -0.3 is 25.1 Å². The summed E-state index contributed by atoms with van der Waals surface area (Å²) < 4.78 is 0. The summed E-state index contributed by atoms with van der Waals surface area (Å²) in [5, 5.41) is 29.5. The van der Waals surface area contributed by atoms with Crippen LogP contribution >= 0.6 is 0 Å². The first kappa shape index (κ1) is 18.9. The van der Waals surface area contributed by atoms with Crippen LogP contribution < -0.4 is 0 Å². The predicted octanol–water partition coefficient (Wildman–Crippen LogP) is -0.678. The maximum Gasteiger partial charge on any atom is 0.408 e. The van der Waals surface area contributed by atoms with Gasteiger partial charge in [-0.1, -0.05) is 0 Å². The fourth-order valence-corrected chi connectivity index (χ4v) is 4.01. The largest absolute Gasteiger partial charge is 0.465 e. The van der Waals surface area contributed by atoms with E-state index in [1.165, 1.54) is 11.8 Å². The van der Waals surface area contributed by atoms with E-state index >= 15 is 0 Å². The van der Waals surface area contributed by atoms with Crippen molar-refractivity contribution in [2.75, 3.05) is 32.7 Å². The van der Waals surface area contributed by atoms with Crippen molar-refractivity contribution >= 4 is 17.9 Å². The number of piperazine rings is 1. The summed E-state index contributed by atoms with van der Waals surface area (Å²) in [5.74, 6) is -0.592. The minimum atomic E-state index is -1.14. The fraction of sp³-hybridized carbons (Fsp3) is 0.824. The van der Waals surface area contributed by atoms with Gasteiger partial charge in [0.05, 0.1) is 18.6 Å². The van der Waals surface area contributed by atoms with Gasteiger partial charge in [0, 0.05) is 32.7 Å². The van der Waals surface area contributed by atoms with Gasteiger partial charge in [0.25, 0.3) is 0 Å². The Balaban J connectivity index is 1.48. The van der Waals surface area contributed by atoms with Crippen LogP contribution in [-0.2, 0) is 9.59 Å². The Hall–Kier alpha value is -1.87. The highest BCUT2D eigenvalue weighted by atomic mass is 16.4. The lowest BCUT2D eigenvalue weighted by Crippen LogP contribution is -2.58. The smallest absolute Gasteiger partial charge is 0.408 e. The van der Waals surface area contributed by atoms with E-state index in [9.17, 15) is 24.6 Å². The summed E-state index contributed by atoms with van der Waals surface area (Å²) in [4.78, 5) is 39.8. The number of rotatable bonds is 4. The molecule has 2 saturated heterocycles. The minimum Gasteiger partial charge on any atom is -0.465 e. The highest BCUT2D eigenvalue weighted by Crippen LogP contribution is 2.53. The number of carbonyl (C=O) groups is 3. The van der Waals surface area contributed by atoms with E-state index in [-0.39, 0.29) is 43.3 Å². The number of aliphatic hydroxyl groups excluding tert-OH is 2. The van der Waals surface area contributed by atoms with Crippen LogP contribution in [-0.4, -0.2) is 98.9 Å². The molecule has 3 rings (SSSR count). The number of likely N-dealkylation sites (tertiary alicyclic amines) is 1. The zero-order valence-electron chi connectivity index (χ0n) is 15.0. The molecular weight excluding hydrogens is 342 g/mol. The number of carbonyl (C=O) groups excluding carboxylic acids is 2. The zero-order chi connectivity index (χ0) is 19.1. The van der Waals surface area contributed by atoms with E-state index in [1.54, 1.807) is 4.90 Å². The Kier molecular flexibility index (Phi) is 5.12. The molecule has 146 valence electrons. The molecule has 3 fully saturated rings. The van der Waals surface area contributed by atoms with Crippen LogP contribution in [0.2, 0.25) is 0 Å². The molecule has 3 atom stereocenters. The number of amides is 3. The standard InChI is InChI=1S/C17H27N3O6/c1-11-15(24)19(6-7-20(11)16(25)26)9-12(21)8-14(23)18-5-4-17(2-3-17)13(22)10-18/h11-13,21-22H,2-10H2,1H3,(H,25,26)/t11-,12+,13+/m0/s1. The quantitative estimate of drug-likeness (QED) is 0.604. The first-order valence-corrected chi connectivity index (χ1v) is 9.16. The van der Waals surface area contributed by atoms with Crippen molar-refractivity contribution in [1.82, 2.24) is 14.7 Å². The maximum atomic E-state index is 12.4. The maximum absolute atomic E-state index is 12.4. The number of piperidine rings is 1. The summed E-state index contributed by atoms with van der Waals surface area (Å²) in [6.45, 7) is 2.80. The van der Waals surface area contributed by atoms with Crippen LogP contribution in [0.3, 0.4) is 0 Å². The van der Waals surface area contributed by atoms with Crippen LogP contribution in [0.4, 0.5) is 4.79 Å². The van der Waals surface area contributed by atoms with Crippen LogP contribution in [0.5, 0.6) is 0 Å². The van der Waals surface area contributed by atoms with Crippen molar-refractivity contribution in [2.24, 2.45) is 5.41 Å². The lowest BCUT2D eigenvalue weighted by atomic mass is 9.90. The van der Waals surface area contributed by atoms with Crippen LogP contribution in [0.15, 0.2) is 0 Å². The number of carboxylic acid groups (broad SMARTS) is 1. The molecular formula is C17H27N3O6. The Labute approximate surface area is 152 Å². The van der Waals surface area contributed by atoms with Crippen molar-refractivity contribution in [1.29, 1.82) is 0 Å². The number of aliphatic hydroxyl groups is 2. The lowest BCUT2D eigenvalue weighted by molar-refractivity contribution is -0.144. The van der Waals surface area contributed by atoms with E-state index in [2.05, 4.69) is 0 Å². The van der Waals surface area contributed by atoms with E-state index in [1.807, 2.05) is 0 Å². The molecule has 0 aromatic carbocycles. The highest BCUT2D eigenvalue weighted by Gasteiger charge is 2.51. The first-order chi connectivity index (χ1) is 12.2. The summed E-state index contributed by atoms with van der Waals surface area (Å²) in [7, 11) is 0. The van der Waals surface area contributed by atoms with Crippen LogP contribution in [0.1, 0.15) is 32.6 Å². The topological polar surface area (TPSA) is 122 Å². The van der Waals surface area contributed by atoms with Gasteiger partial charge in [-0.3, -0.25) is 14.5 Å². The summed E-state index contributed by atoms with van der Waals surface area (Å²) >= 11 is 0. The first-order valence-electron chi connectivity index (χ1n) is 9.16. The third-order valence-electron chi connectivity index (χ3n) is 6.06. The summed E-state index contributed by atoms with van der Waals surface area (Å²) in [6.07, 6.45) is 0.0678. The average molecular weight is 369 g/mol. The van der Waals surface area contributed by atoms with Gasteiger partial charge in [-0.2, -0.15) is 0 Å². The van der Waals surface area contributed by atoms with Crippen LogP contribution in [0.25, 0.3) is 0 Å². The average Bonchev–Trinajstić information content (AvgIpc) is 3.35. The molecule has 9 nitrogen and oxygen atoms in total. The predicted molar refractivity (Wildman–Crippen MR) is 90.3 cm³/mol. The SMILES string of the molecule is C[C@H]1C(=O)N(C[C@H](O)CC(=O)N2CCC3(CC3)[C@H](O)C2)CCN1C(=O)O. The number of hydrogen-bond acceptors (Lipinski definition) is 5. The molecule has 0 aromatic heterocycles. The molecule has 26 heavy (non-hydrogen) atoms. The molecule has 0 aromatic rings. The second kappa shape index (κ2) is 7.03. The Morgan fingerprint density at radius 3 is 2.50 bits per heavy atom. The number of hydrogen-bond donors (Lipinski definition) is 3. The minimum absolute atomic E-state index is 0.00268. The zero-order valence-corrected chi connectivity index (χ0v) is 15.0. The Morgan fingerprint density at radius 1 is 1.23 bits per heavy atom. The van der Waals surface area contributed by atoms with E-state index in [4.69, 9.17) is 5.11 Å². The highest BCUT2D eigenvalue weighted by molar-refractivity contribution is 5.86. The van der Waals surface area contributed by atoms with Crippen molar-refractivity contribution < 1.29 is 29.7 Å². The molecule has 3 N–H and O–H groups in total. The van der Waals surface area contributed by atoms with Crippen LogP contribution in [0, 0.1) is 5.41 Å². The van der Waals surface area contributed by atoms with Crippen molar-refractivity contribution in [3.8, 4) is 0 Å². The molecule has 1 aliphatic carbocycles. The molecule has 1 saturated carbocycles. The molecule has 3 amide bonds. The van der Waals surface area contributed by atoms with E-state index in [0.717, 1.165) is 24.2 Å². The van der Waals surface area contributed by atoms with Gasteiger partial charge in [0.15, 0.2) is 0 Å². The fourth-order valence-electron chi connectivity index (χ4n) is 4.01. The van der Waals surface area contributed by atoms with Crippen molar-refractivity contribution in [3.05, 3.63) is 0 Å². The van der Waals surface area contributed by atoms with Crippen molar-refractivity contribution in [2.45, 2.75) is 50.9 Å². The van der Waals surface area contributed by atoms with Crippen molar-refractivity contribution in [3.63, 3.8) is 0 Å². The monoisotopic (exact) mass is 369 g/mol. The van der Waals surface area contributed by atoms with Gasteiger partial charge >= 0.3 is 6.09 Å². The molecule has 0 unspecified atom stereocenters. The molecule has 1 spiro atoms. The molecule has 0 bridgehead atoms. The summed E-state index contributed by atoms with van der Waals surface area (Å²) in [5.41, 5.74) is 0.0156. The molecule has 2 heterocycles. The normalized spacial score (nSPS) is 29.0.